The van der Waals surface area contributed by atoms with Crippen molar-refractivity contribution in [3.8, 4) is 11.5 Å². The Morgan fingerprint density at radius 1 is 1.57 bits per heavy atom. The Kier molecular flexibility index (Phi) is 3.57. The molecule has 0 heterocycles. The molecule has 1 atom stereocenters. The molecule has 4 N–H and O–H groups in total. The van der Waals surface area contributed by atoms with Crippen molar-refractivity contribution in [2.24, 2.45) is 5.73 Å². The maximum Gasteiger partial charge on any atom is 0.141 e. The zero-order valence-corrected chi connectivity index (χ0v) is 8.45. The lowest BCUT2D eigenvalue weighted by Gasteiger charge is -2.12. The summed E-state index contributed by atoms with van der Waals surface area (Å²) in [6.45, 7) is 0.0240. The zero-order valence-electron chi connectivity index (χ0n) is 7.70. The molecule has 0 aliphatic heterocycles. The minimum atomic E-state index is -0.918. The molecule has 1 aromatic rings. The van der Waals surface area contributed by atoms with Gasteiger partial charge in [-0.3, -0.25) is 0 Å². The van der Waals surface area contributed by atoms with E-state index in [9.17, 15) is 10.2 Å². The molecule has 0 aromatic heterocycles. The van der Waals surface area contributed by atoms with Crippen LogP contribution in [0.3, 0.4) is 0 Å². The normalized spacial score (nSPS) is 12.6. The van der Waals surface area contributed by atoms with Crippen LogP contribution < -0.4 is 10.5 Å². The molecule has 0 aliphatic rings. The summed E-state index contributed by atoms with van der Waals surface area (Å²) in [6.07, 6.45) is -0.918. The topological polar surface area (TPSA) is 75.7 Å². The van der Waals surface area contributed by atoms with E-state index < -0.39 is 6.10 Å². The van der Waals surface area contributed by atoms with Gasteiger partial charge in [0.2, 0.25) is 0 Å². The minimum Gasteiger partial charge on any atom is -0.507 e. The fourth-order valence-electron chi connectivity index (χ4n) is 1.11. The molecule has 1 rings (SSSR count). The van der Waals surface area contributed by atoms with Crippen LogP contribution in [-0.2, 0) is 0 Å². The Morgan fingerprint density at radius 2 is 2.21 bits per heavy atom. The van der Waals surface area contributed by atoms with Crippen LogP contribution in [-0.4, -0.2) is 23.9 Å². The van der Waals surface area contributed by atoms with E-state index in [1.807, 2.05) is 0 Å². The number of ether oxygens (including phenoxy) is 1. The molecule has 78 valence electrons. The molecule has 1 aromatic carbocycles. The Hall–Kier alpha value is -0.970. The van der Waals surface area contributed by atoms with Crippen molar-refractivity contribution in [3.63, 3.8) is 0 Å². The summed E-state index contributed by atoms with van der Waals surface area (Å²) in [4.78, 5) is 0. The van der Waals surface area contributed by atoms with Crippen LogP contribution in [0.5, 0.6) is 11.5 Å². The number of methoxy groups -OCH3 is 1. The van der Waals surface area contributed by atoms with Crippen molar-refractivity contribution < 1.29 is 14.9 Å². The molecular weight excluding hydrogens is 206 g/mol. The fourth-order valence-corrected chi connectivity index (χ4v) is 1.36. The third-order valence-electron chi connectivity index (χ3n) is 1.88. The molecular formula is C9H12ClNO3. The van der Waals surface area contributed by atoms with Crippen molar-refractivity contribution in [1.29, 1.82) is 0 Å². The fraction of sp³-hybridized carbons (Fsp3) is 0.333. The first kappa shape index (κ1) is 11.1. The smallest absolute Gasteiger partial charge is 0.141 e. The van der Waals surface area contributed by atoms with Gasteiger partial charge in [-0.25, -0.2) is 0 Å². The van der Waals surface area contributed by atoms with E-state index in [1.165, 1.54) is 19.2 Å². The van der Waals surface area contributed by atoms with Gasteiger partial charge in [-0.1, -0.05) is 11.6 Å². The number of hydrogen-bond acceptors (Lipinski definition) is 4. The second-order valence-corrected chi connectivity index (χ2v) is 3.20. The standard InChI is InChI=1S/C9H12ClNO3/c1-14-9-3-7(12)5(2-6(9)10)8(13)4-11/h2-3,8,12-13H,4,11H2,1H3. The molecule has 0 radical (unpaired) electrons. The SMILES string of the molecule is COc1cc(O)c(C(O)CN)cc1Cl. The molecule has 14 heavy (non-hydrogen) atoms. The first-order chi connectivity index (χ1) is 6.60. The van der Waals surface area contributed by atoms with Crippen molar-refractivity contribution in [2.45, 2.75) is 6.10 Å². The highest BCUT2D eigenvalue weighted by Crippen LogP contribution is 2.34. The van der Waals surface area contributed by atoms with E-state index in [-0.39, 0.29) is 12.3 Å². The predicted octanol–water partition coefficient (Wildman–Crippen LogP) is 1.05. The van der Waals surface area contributed by atoms with E-state index in [4.69, 9.17) is 22.1 Å². The predicted molar refractivity (Wildman–Crippen MR) is 53.7 cm³/mol. The molecule has 0 saturated carbocycles. The quantitative estimate of drug-likeness (QED) is 0.707. The number of hydrogen-bond donors (Lipinski definition) is 3. The molecule has 0 bridgehead atoms. The van der Waals surface area contributed by atoms with E-state index >= 15 is 0 Å². The Labute approximate surface area is 86.9 Å². The average Bonchev–Trinajstić information content (AvgIpc) is 2.19. The lowest BCUT2D eigenvalue weighted by Crippen LogP contribution is -2.11. The number of benzene rings is 1. The summed E-state index contributed by atoms with van der Waals surface area (Å²) in [5.74, 6) is 0.279. The van der Waals surface area contributed by atoms with E-state index in [1.54, 1.807) is 0 Å². The maximum absolute atomic E-state index is 9.49. The van der Waals surface area contributed by atoms with Crippen molar-refractivity contribution in [1.82, 2.24) is 0 Å². The number of rotatable bonds is 3. The van der Waals surface area contributed by atoms with Gasteiger partial charge in [0, 0.05) is 18.2 Å². The molecule has 0 spiro atoms. The van der Waals surface area contributed by atoms with Gasteiger partial charge in [0.1, 0.15) is 11.5 Å². The minimum absolute atomic E-state index is 0.0240. The van der Waals surface area contributed by atoms with Gasteiger partial charge in [-0.2, -0.15) is 0 Å². The third-order valence-corrected chi connectivity index (χ3v) is 2.18. The molecule has 0 fully saturated rings. The Morgan fingerprint density at radius 3 is 2.71 bits per heavy atom. The molecule has 5 heteroatoms. The molecule has 4 nitrogen and oxygen atoms in total. The number of phenolic OH excluding ortho intramolecular Hbond substituents is 1. The molecule has 0 aliphatic carbocycles. The van der Waals surface area contributed by atoms with E-state index in [0.717, 1.165) is 0 Å². The molecule has 1 unspecified atom stereocenters. The summed E-state index contributed by atoms with van der Waals surface area (Å²) >= 11 is 5.81. The van der Waals surface area contributed by atoms with Crippen LogP contribution in [0.1, 0.15) is 11.7 Å². The third kappa shape index (κ3) is 2.09. The average molecular weight is 218 g/mol. The van der Waals surface area contributed by atoms with Crippen LogP contribution in [0.25, 0.3) is 0 Å². The van der Waals surface area contributed by atoms with Gasteiger partial charge >= 0.3 is 0 Å². The first-order valence-electron chi connectivity index (χ1n) is 4.04. The molecule has 0 amide bonds. The number of aromatic hydroxyl groups is 1. The van der Waals surface area contributed by atoms with Crippen LogP contribution >= 0.6 is 11.6 Å². The number of aliphatic hydroxyl groups is 1. The highest BCUT2D eigenvalue weighted by Gasteiger charge is 2.14. The number of halogens is 1. The highest BCUT2D eigenvalue weighted by atomic mass is 35.5. The number of aliphatic hydroxyl groups excluding tert-OH is 1. The van der Waals surface area contributed by atoms with Gasteiger partial charge in [0.25, 0.3) is 0 Å². The summed E-state index contributed by atoms with van der Waals surface area (Å²) in [7, 11) is 1.44. The van der Waals surface area contributed by atoms with Crippen LogP contribution in [0.2, 0.25) is 5.02 Å². The maximum atomic E-state index is 9.49. The van der Waals surface area contributed by atoms with Crippen LogP contribution in [0, 0.1) is 0 Å². The second kappa shape index (κ2) is 4.50. The van der Waals surface area contributed by atoms with Gasteiger partial charge in [-0.15, -0.1) is 0 Å². The monoisotopic (exact) mass is 217 g/mol. The Balaban J connectivity index is 3.14. The first-order valence-corrected chi connectivity index (χ1v) is 4.42. The summed E-state index contributed by atoms with van der Waals surface area (Å²) in [5.41, 5.74) is 5.56. The zero-order chi connectivity index (χ0) is 10.7. The molecule has 0 saturated heterocycles. The summed E-state index contributed by atoms with van der Waals surface area (Å²) in [6, 6.07) is 2.78. The van der Waals surface area contributed by atoms with Gasteiger partial charge in [0.05, 0.1) is 18.2 Å². The highest BCUT2D eigenvalue weighted by molar-refractivity contribution is 6.32. The lowest BCUT2D eigenvalue weighted by molar-refractivity contribution is 0.182. The lowest BCUT2D eigenvalue weighted by atomic mass is 10.1. The van der Waals surface area contributed by atoms with E-state index in [2.05, 4.69) is 0 Å². The van der Waals surface area contributed by atoms with Gasteiger partial charge in [0.15, 0.2) is 0 Å². The van der Waals surface area contributed by atoms with Crippen LogP contribution in [0.15, 0.2) is 12.1 Å². The van der Waals surface area contributed by atoms with Gasteiger partial charge in [-0.05, 0) is 6.07 Å². The number of nitrogens with two attached hydrogens (primary N) is 1. The van der Waals surface area contributed by atoms with Gasteiger partial charge < -0.3 is 20.7 Å². The second-order valence-electron chi connectivity index (χ2n) is 2.80. The summed E-state index contributed by atoms with van der Waals surface area (Å²) < 4.78 is 4.89. The summed E-state index contributed by atoms with van der Waals surface area (Å²) in [5, 5.41) is 19.2. The van der Waals surface area contributed by atoms with Crippen LogP contribution in [0.4, 0.5) is 0 Å². The largest absolute Gasteiger partial charge is 0.507 e. The van der Waals surface area contributed by atoms with Crippen molar-refractivity contribution in [3.05, 3.63) is 22.7 Å². The van der Waals surface area contributed by atoms with E-state index in [0.29, 0.717) is 16.3 Å². The number of phenols is 1. The Bertz CT molecular complexity index is 330. The van der Waals surface area contributed by atoms with Crippen molar-refractivity contribution in [2.75, 3.05) is 13.7 Å². The van der Waals surface area contributed by atoms with Crippen molar-refractivity contribution >= 4 is 11.6 Å².